The van der Waals surface area contributed by atoms with Crippen molar-refractivity contribution < 1.29 is 13.2 Å². The van der Waals surface area contributed by atoms with Gasteiger partial charge in [0.2, 0.25) is 5.95 Å². The molecule has 4 heterocycles. The Morgan fingerprint density at radius 3 is 2.65 bits per heavy atom. The molecular weight excluding hydrogens is 526 g/mol. The summed E-state index contributed by atoms with van der Waals surface area (Å²) in [5, 5.41) is 15.1. The summed E-state index contributed by atoms with van der Waals surface area (Å²) in [7, 11) is -1.37. The molecule has 11 heteroatoms. The first-order valence-corrected chi connectivity index (χ1v) is 15.8. The van der Waals surface area contributed by atoms with Gasteiger partial charge in [-0.2, -0.15) is 10.2 Å². The van der Waals surface area contributed by atoms with E-state index in [1.165, 1.54) is 11.8 Å². The number of sulfone groups is 1. The van der Waals surface area contributed by atoms with Crippen LogP contribution in [0.3, 0.4) is 0 Å². The summed E-state index contributed by atoms with van der Waals surface area (Å²) in [5.74, 6) is 2.28. The third-order valence-corrected chi connectivity index (χ3v) is 9.20. The van der Waals surface area contributed by atoms with Gasteiger partial charge in [0.1, 0.15) is 21.5 Å². The van der Waals surface area contributed by atoms with Gasteiger partial charge in [-0.3, -0.25) is 0 Å². The number of benzene rings is 1. The van der Waals surface area contributed by atoms with Crippen molar-refractivity contribution in [2.75, 3.05) is 53.9 Å². The van der Waals surface area contributed by atoms with Crippen LogP contribution in [0, 0.1) is 23.2 Å². The molecule has 0 aliphatic carbocycles. The third kappa shape index (κ3) is 5.69. The Balaban J connectivity index is 1.40. The first-order chi connectivity index (χ1) is 19.1. The van der Waals surface area contributed by atoms with Gasteiger partial charge >= 0.3 is 0 Å². The minimum Gasteiger partial charge on any atom is -0.380 e. The number of anilines is 4. The quantitative estimate of drug-likeness (QED) is 0.428. The van der Waals surface area contributed by atoms with Gasteiger partial charge in [0.25, 0.3) is 0 Å². The highest BCUT2D eigenvalue weighted by Crippen LogP contribution is 2.39. The van der Waals surface area contributed by atoms with E-state index in [1.54, 1.807) is 13.3 Å². The van der Waals surface area contributed by atoms with Crippen LogP contribution in [0.2, 0.25) is 0 Å². The molecule has 2 fully saturated rings. The molecule has 0 amide bonds. The summed E-state index contributed by atoms with van der Waals surface area (Å²) in [6.07, 6.45) is 5.58. The van der Waals surface area contributed by atoms with Crippen LogP contribution in [0.25, 0.3) is 10.8 Å². The maximum absolute atomic E-state index is 11.8. The summed E-state index contributed by atoms with van der Waals surface area (Å²) in [6, 6.07) is 10.7. The zero-order valence-electron chi connectivity index (χ0n) is 23.7. The van der Waals surface area contributed by atoms with Crippen LogP contribution >= 0.6 is 0 Å². The van der Waals surface area contributed by atoms with E-state index in [1.807, 2.05) is 17.2 Å². The van der Waals surface area contributed by atoms with Crippen molar-refractivity contribution in [1.82, 2.24) is 15.0 Å². The van der Waals surface area contributed by atoms with E-state index < -0.39 is 9.84 Å². The normalized spacial score (nSPS) is 23.2. The Morgan fingerprint density at radius 2 is 1.98 bits per heavy atom. The van der Waals surface area contributed by atoms with E-state index in [0.29, 0.717) is 36.6 Å². The van der Waals surface area contributed by atoms with Gasteiger partial charge in [0, 0.05) is 68.4 Å². The second kappa shape index (κ2) is 11.2. The zero-order chi connectivity index (χ0) is 28.6. The summed E-state index contributed by atoms with van der Waals surface area (Å²) < 4.78 is 29.2. The molecule has 2 aromatic heterocycles. The van der Waals surface area contributed by atoms with Gasteiger partial charge in [-0.1, -0.05) is 19.9 Å². The van der Waals surface area contributed by atoms with Crippen LogP contribution in [-0.4, -0.2) is 74.3 Å². The topological polar surface area (TPSA) is 124 Å². The number of aromatic nitrogens is 3. The summed E-state index contributed by atoms with van der Waals surface area (Å²) >= 11 is 0. The number of nitrogens with zero attached hydrogens (tertiary/aromatic N) is 6. The molecule has 10 nitrogen and oxygen atoms in total. The lowest BCUT2D eigenvalue weighted by molar-refractivity contribution is 0.0566. The Kier molecular flexibility index (Phi) is 7.84. The number of rotatable bonds is 8. The Bertz CT molecular complexity index is 1540. The van der Waals surface area contributed by atoms with Crippen molar-refractivity contribution in [3.63, 3.8) is 0 Å². The van der Waals surface area contributed by atoms with Gasteiger partial charge < -0.3 is 19.9 Å². The highest BCUT2D eigenvalue weighted by Gasteiger charge is 2.38. The molecular formula is C29H37N7O3S. The molecule has 5 rings (SSSR count). The standard InChI is InChI=1S/C29H37N7O3S/c1-18(2)22-6-7-25(36-16-21(19(36)3)17-40(5,37)38)24-14-32-28(12-23(22)24)33-27-8-10-31-29(34-27)35-11-9-26(39-4)20(13-30)15-35/h6-8,10,12,14,18-21,26H,9,11,15-17H2,1-5H3,(H,31,32,33,34)/t19-,20-,21-,26-/m1/s1. The van der Waals surface area contributed by atoms with E-state index in [2.05, 4.69) is 60.2 Å². The van der Waals surface area contributed by atoms with E-state index in [0.717, 1.165) is 29.4 Å². The summed E-state index contributed by atoms with van der Waals surface area (Å²) in [4.78, 5) is 18.2. The number of hydrogen-bond donors (Lipinski definition) is 1. The van der Waals surface area contributed by atoms with E-state index in [9.17, 15) is 13.7 Å². The van der Waals surface area contributed by atoms with Gasteiger partial charge in [0.05, 0.1) is 23.8 Å². The van der Waals surface area contributed by atoms with Crippen molar-refractivity contribution in [1.29, 1.82) is 5.26 Å². The van der Waals surface area contributed by atoms with Crippen LogP contribution in [0.5, 0.6) is 0 Å². The lowest BCUT2D eigenvalue weighted by Crippen LogP contribution is -2.57. The highest BCUT2D eigenvalue weighted by molar-refractivity contribution is 7.90. The van der Waals surface area contributed by atoms with Gasteiger partial charge in [-0.05, 0) is 48.4 Å². The molecule has 0 bridgehead atoms. The Morgan fingerprint density at radius 1 is 1.18 bits per heavy atom. The summed E-state index contributed by atoms with van der Waals surface area (Å²) in [6.45, 7) is 8.39. The Hall–Kier alpha value is -3.49. The number of nitriles is 1. The minimum atomic E-state index is -3.02. The fourth-order valence-electron chi connectivity index (χ4n) is 5.88. The number of fused-ring (bicyclic) bond motifs is 1. The zero-order valence-corrected chi connectivity index (χ0v) is 24.5. The highest BCUT2D eigenvalue weighted by atomic mass is 32.2. The van der Waals surface area contributed by atoms with Crippen molar-refractivity contribution in [2.24, 2.45) is 11.8 Å². The molecule has 0 spiro atoms. The molecule has 1 N–H and O–H groups in total. The number of ether oxygens (including phenoxy) is 1. The molecule has 40 heavy (non-hydrogen) atoms. The average Bonchev–Trinajstić information content (AvgIpc) is 2.93. The molecule has 4 atom stereocenters. The van der Waals surface area contributed by atoms with E-state index >= 15 is 0 Å². The van der Waals surface area contributed by atoms with Crippen LogP contribution in [0.15, 0.2) is 36.7 Å². The van der Waals surface area contributed by atoms with Crippen LogP contribution in [0.4, 0.5) is 23.3 Å². The van der Waals surface area contributed by atoms with Crippen molar-refractivity contribution in [2.45, 2.75) is 45.3 Å². The van der Waals surface area contributed by atoms with Crippen LogP contribution < -0.4 is 15.1 Å². The molecule has 3 aromatic rings. The predicted octanol–water partition coefficient (Wildman–Crippen LogP) is 4.13. The molecule has 212 valence electrons. The SMILES string of the molecule is CO[C@@H]1CCN(c2nccc(Nc3cc4c(C(C)C)ccc(N5C[C@H](CS(C)(=O)=O)[C@H]5C)c4cn3)n2)C[C@H]1C#N. The number of piperidine rings is 1. The molecule has 1 aromatic carbocycles. The lowest BCUT2D eigenvalue weighted by atomic mass is 9.88. The lowest BCUT2D eigenvalue weighted by Gasteiger charge is -2.48. The fourth-order valence-corrected chi connectivity index (χ4v) is 7.04. The number of pyridine rings is 1. The monoisotopic (exact) mass is 563 g/mol. The fraction of sp³-hybridized carbons (Fsp3) is 0.517. The van der Waals surface area contributed by atoms with Gasteiger partial charge in [-0.25, -0.2) is 18.4 Å². The van der Waals surface area contributed by atoms with Crippen LogP contribution in [-0.2, 0) is 14.6 Å². The van der Waals surface area contributed by atoms with E-state index in [4.69, 9.17) is 14.7 Å². The van der Waals surface area contributed by atoms with Gasteiger partial charge in [0.15, 0.2) is 0 Å². The van der Waals surface area contributed by atoms with Crippen LogP contribution in [0.1, 0.15) is 38.7 Å². The maximum Gasteiger partial charge on any atom is 0.227 e. The molecule has 2 aliphatic heterocycles. The first kappa shape index (κ1) is 28.1. The molecule has 0 radical (unpaired) electrons. The maximum atomic E-state index is 11.8. The van der Waals surface area contributed by atoms with Crippen molar-refractivity contribution in [3.05, 3.63) is 42.2 Å². The second-order valence-corrected chi connectivity index (χ2v) is 13.5. The number of nitrogens with one attached hydrogen (secondary N) is 1. The first-order valence-electron chi connectivity index (χ1n) is 13.7. The minimum absolute atomic E-state index is 0.0748. The van der Waals surface area contributed by atoms with E-state index in [-0.39, 0.29) is 29.7 Å². The largest absolute Gasteiger partial charge is 0.380 e. The predicted molar refractivity (Wildman–Crippen MR) is 158 cm³/mol. The van der Waals surface area contributed by atoms with Crippen molar-refractivity contribution in [3.8, 4) is 6.07 Å². The summed E-state index contributed by atoms with van der Waals surface area (Å²) in [5.41, 5.74) is 2.29. The second-order valence-electron chi connectivity index (χ2n) is 11.3. The molecule has 2 aliphatic rings. The van der Waals surface area contributed by atoms with Gasteiger partial charge in [-0.15, -0.1) is 0 Å². The average molecular weight is 564 g/mol. The molecule has 0 unspecified atom stereocenters. The number of methoxy groups -OCH3 is 1. The molecule has 2 saturated heterocycles. The smallest absolute Gasteiger partial charge is 0.227 e. The number of hydrogen-bond acceptors (Lipinski definition) is 10. The Labute approximate surface area is 236 Å². The third-order valence-electron chi connectivity index (χ3n) is 8.16. The van der Waals surface area contributed by atoms with Crippen molar-refractivity contribution >= 4 is 43.9 Å². The molecule has 0 saturated carbocycles.